The van der Waals surface area contributed by atoms with E-state index in [9.17, 15) is 13.2 Å². The van der Waals surface area contributed by atoms with Crippen LogP contribution in [-0.2, 0) is 14.8 Å². The molecule has 0 aliphatic carbocycles. The fraction of sp³-hybridized carbons (Fsp3) is 0.0476. The van der Waals surface area contributed by atoms with E-state index in [1.165, 1.54) is 23.9 Å². The average molecular weight is 439 g/mol. The number of nitrogens with two attached hydrogens (primary N) is 1. The van der Waals surface area contributed by atoms with E-state index in [-0.39, 0.29) is 10.8 Å². The van der Waals surface area contributed by atoms with E-state index in [2.05, 4.69) is 10.3 Å². The van der Waals surface area contributed by atoms with Gasteiger partial charge in [0.1, 0.15) is 0 Å². The van der Waals surface area contributed by atoms with Crippen LogP contribution in [0.3, 0.4) is 0 Å². The largest absolute Gasteiger partial charge is 0.317 e. The van der Waals surface area contributed by atoms with Crippen molar-refractivity contribution in [1.29, 1.82) is 0 Å². The van der Waals surface area contributed by atoms with Crippen molar-refractivity contribution >= 4 is 44.6 Å². The second kappa shape index (κ2) is 7.94. The molecule has 0 bridgehead atoms. The summed E-state index contributed by atoms with van der Waals surface area (Å²) in [6.45, 7) is 1.96. The highest BCUT2D eigenvalue weighted by Gasteiger charge is 2.24. The molecule has 7 nitrogen and oxygen atoms in total. The highest BCUT2D eigenvalue weighted by atomic mass is 32.2. The molecule has 3 aromatic rings. The summed E-state index contributed by atoms with van der Waals surface area (Å²) >= 11 is 1.27. The quantitative estimate of drug-likeness (QED) is 0.609. The van der Waals surface area contributed by atoms with Gasteiger partial charge in [0.2, 0.25) is 10.0 Å². The number of carbonyl (C=O) groups is 1. The van der Waals surface area contributed by atoms with Crippen molar-refractivity contribution in [3.8, 4) is 5.69 Å². The Morgan fingerprint density at radius 1 is 1.07 bits per heavy atom. The Morgan fingerprint density at radius 3 is 2.50 bits per heavy atom. The first-order chi connectivity index (χ1) is 14.3. The van der Waals surface area contributed by atoms with Gasteiger partial charge in [0.05, 0.1) is 15.5 Å². The summed E-state index contributed by atoms with van der Waals surface area (Å²) in [5, 5.41) is 8.47. The van der Waals surface area contributed by atoms with E-state index in [1.807, 2.05) is 54.1 Å². The Balaban J connectivity index is 1.62. The first-order valence-corrected chi connectivity index (χ1v) is 11.3. The molecule has 0 atom stereocenters. The topological polar surface area (TPSA) is 107 Å². The number of amidine groups is 1. The van der Waals surface area contributed by atoms with Gasteiger partial charge in [-0.1, -0.05) is 18.2 Å². The summed E-state index contributed by atoms with van der Waals surface area (Å²) in [6, 6.07) is 17.6. The molecule has 1 fully saturated rings. The number of primary sulfonamides is 1. The first kappa shape index (κ1) is 20.1. The third-order valence-electron chi connectivity index (χ3n) is 4.49. The minimum atomic E-state index is -3.75. The zero-order valence-corrected chi connectivity index (χ0v) is 17.6. The monoisotopic (exact) mass is 438 g/mol. The SMILES string of the molecule is Cc1ccccc1N=C1NC(=O)/C(=C/c2cccn2-c2ccc(S(N)(=O)=O)cc2)S1. The second-order valence-corrected chi connectivity index (χ2v) is 9.20. The van der Waals surface area contributed by atoms with Crippen LogP contribution in [0.1, 0.15) is 11.3 Å². The number of hydrogen-bond acceptors (Lipinski definition) is 5. The smallest absolute Gasteiger partial charge is 0.264 e. The van der Waals surface area contributed by atoms with Gasteiger partial charge in [0, 0.05) is 17.6 Å². The number of para-hydroxylation sites is 1. The second-order valence-electron chi connectivity index (χ2n) is 6.61. The highest BCUT2D eigenvalue weighted by molar-refractivity contribution is 8.18. The van der Waals surface area contributed by atoms with Crippen molar-refractivity contribution < 1.29 is 13.2 Å². The zero-order valence-electron chi connectivity index (χ0n) is 15.9. The summed E-state index contributed by atoms with van der Waals surface area (Å²) in [6.07, 6.45) is 3.60. The zero-order chi connectivity index (χ0) is 21.3. The molecule has 0 radical (unpaired) electrons. The third-order valence-corrected chi connectivity index (χ3v) is 6.33. The Kier molecular flexibility index (Phi) is 5.33. The van der Waals surface area contributed by atoms with Gasteiger partial charge in [-0.15, -0.1) is 0 Å². The molecule has 1 aliphatic heterocycles. The third kappa shape index (κ3) is 4.23. The lowest BCUT2D eigenvalue weighted by atomic mass is 10.2. The molecule has 2 aromatic carbocycles. The molecule has 1 aromatic heterocycles. The maximum Gasteiger partial charge on any atom is 0.264 e. The molecule has 4 rings (SSSR count). The van der Waals surface area contributed by atoms with E-state index in [1.54, 1.807) is 18.2 Å². The van der Waals surface area contributed by atoms with Gasteiger partial charge in [-0.2, -0.15) is 0 Å². The summed E-state index contributed by atoms with van der Waals surface area (Å²) in [5.41, 5.74) is 3.35. The fourth-order valence-electron chi connectivity index (χ4n) is 2.96. The van der Waals surface area contributed by atoms with Crippen LogP contribution in [-0.4, -0.2) is 24.1 Å². The van der Waals surface area contributed by atoms with E-state index in [4.69, 9.17) is 5.14 Å². The molecule has 2 heterocycles. The molecule has 1 aliphatic rings. The number of thioether (sulfide) groups is 1. The maximum atomic E-state index is 12.4. The average Bonchev–Trinajstić information content (AvgIpc) is 3.30. The summed E-state index contributed by atoms with van der Waals surface area (Å²) in [4.78, 5) is 17.5. The predicted molar refractivity (Wildman–Crippen MR) is 119 cm³/mol. The van der Waals surface area contributed by atoms with E-state index >= 15 is 0 Å². The highest BCUT2D eigenvalue weighted by Crippen LogP contribution is 2.29. The van der Waals surface area contributed by atoms with E-state index in [0.717, 1.165) is 22.6 Å². The number of aryl methyl sites for hydroxylation is 1. The Bertz CT molecular complexity index is 1290. The summed E-state index contributed by atoms with van der Waals surface area (Å²) < 4.78 is 24.8. The van der Waals surface area contributed by atoms with Gasteiger partial charge in [0.25, 0.3) is 5.91 Å². The Morgan fingerprint density at radius 2 is 1.80 bits per heavy atom. The molecule has 0 unspecified atom stereocenters. The van der Waals surface area contributed by atoms with Crippen LogP contribution >= 0.6 is 11.8 Å². The lowest BCUT2D eigenvalue weighted by molar-refractivity contribution is -0.115. The van der Waals surface area contributed by atoms with E-state index < -0.39 is 10.0 Å². The number of aliphatic imine (C=N–C) groups is 1. The van der Waals surface area contributed by atoms with Crippen molar-refractivity contribution in [2.24, 2.45) is 10.1 Å². The van der Waals surface area contributed by atoms with E-state index in [0.29, 0.717) is 10.1 Å². The molecule has 9 heteroatoms. The van der Waals surface area contributed by atoms with Crippen LogP contribution in [0.5, 0.6) is 0 Å². The number of benzene rings is 2. The number of carbonyl (C=O) groups excluding carboxylic acids is 1. The van der Waals surface area contributed by atoms with Crippen molar-refractivity contribution in [3.05, 3.63) is 83.0 Å². The number of amides is 1. The minimum Gasteiger partial charge on any atom is -0.317 e. The number of hydrogen-bond donors (Lipinski definition) is 2. The molecular weight excluding hydrogens is 420 g/mol. The Labute approximate surface area is 178 Å². The van der Waals surface area contributed by atoms with Gasteiger partial charge in [-0.3, -0.25) is 4.79 Å². The van der Waals surface area contributed by atoms with Crippen LogP contribution < -0.4 is 10.5 Å². The normalized spacial score (nSPS) is 16.9. The van der Waals surface area contributed by atoms with Crippen LogP contribution in [0.15, 0.2) is 81.7 Å². The summed E-state index contributed by atoms with van der Waals surface area (Å²) in [7, 11) is -3.75. The van der Waals surface area contributed by atoms with Crippen LogP contribution in [0, 0.1) is 6.92 Å². The number of sulfonamides is 1. The molecule has 0 saturated carbocycles. The number of rotatable bonds is 4. The number of aromatic nitrogens is 1. The number of nitrogens with zero attached hydrogens (tertiary/aromatic N) is 2. The van der Waals surface area contributed by atoms with Crippen LogP contribution in [0.25, 0.3) is 11.8 Å². The van der Waals surface area contributed by atoms with Gasteiger partial charge in [-0.25, -0.2) is 18.5 Å². The first-order valence-electron chi connectivity index (χ1n) is 8.97. The molecule has 152 valence electrons. The number of nitrogens with one attached hydrogen (secondary N) is 1. The van der Waals surface area contributed by atoms with Crippen LogP contribution in [0.4, 0.5) is 5.69 Å². The van der Waals surface area contributed by atoms with Gasteiger partial charge >= 0.3 is 0 Å². The fourth-order valence-corrected chi connectivity index (χ4v) is 4.29. The molecular formula is C21H18N4O3S2. The van der Waals surface area contributed by atoms with Crippen molar-refractivity contribution in [2.75, 3.05) is 0 Å². The lowest BCUT2D eigenvalue weighted by Gasteiger charge is -2.07. The Hall–Kier alpha value is -3.14. The lowest BCUT2D eigenvalue weighted by Crippen LogP contribution is -2.19. The minimum absolute atomic E-state index is 0.0427. The predicted octanol–water partition coefficient (Wildman–Crippen LogP) is 3.32. The summed E-state index contributed by atoms with van der Waals surface area (Å²) in [5.74, 6) is -0.218. The molecule has 3 N–H and O–H groups in total. The van der Waals surface area contributed by atoms with Crippen molar-refractivity contribution in [1.82, 2.24) is 9.88 Å². The van der Waals surface area contributed by atoms with Gasteiger partial charge < -0.3 is 9.88 Å². The van der Waals surface area contributed by atoms with Crippen LogP contribution in [0.2, 0.25) is 0 Å². The molecule has 1 amide bonds. The molecule has 1 saturated heterocycles. The van der Waals surface area contributed by atoms with Crippen molar-refractivity contribution in [3.63, 3.8) is 0 Å². The van der Waals surface area contributed by atoms with Gasteiger partial charge in [0.15, 0.2) is 5.17 Å². The maximum absolute atomic E-state index is 12.4. The molecule has 0 spiro atoms. The molecule has 30 heavy (non-hydrogen) atoms. The van der Waals surface area contributed by atoms with Gasteiger partial charge in [-0.05, 0) is 72.8 Å². The standard InChI is InChI=1S/C21H18N4O3S2/c1-14-5-2-3-7-18(14)23-21-24-20(26)19(29-21)13-16-6-4-12-25(16)15-8-10-17(11-9-15)30(22,27)28/h2-13H,1H3,(H2,22,27,28)(H,23,24,26)/b19-13-. The van der Waals surface area contributed by atoms with Crippen molar-refractivity contribution in [2.45, 2.75) is 11.8 Å².